The third-order valence-electron chi connectivity index (χ3n) is 5.21. The molecule has 1 heterocycles. The molecule has 7 heteroatoms. The Morgan fingerprint density at radius 3 is 2.43 bits per heavy atom. The molecule has 0 amide bonds. The quantitative estimate of drug-likeness (QED) is 0.689. The summed E-state index contributed by atoms with van der Waals surface area (Å²) in [5.74, 6) is -2.41. The molecule has 1 aliphatic heterocycles. The van der Waals surface area contributed by atoms with E-state index in [0.717, 1.165) is 18.9 Å². The van der Waals surface area contributed by atoms with Crippen LogP contribution in [0.1, 0.15) is 38.7 Å². The van der Waals surface area contributed by atoms with Gasteiger partial charge < -0.3 is 5.11 Å². The number of anilines is 1. The summed E-state index contributed by atoms with van der Waals surface area (Å²) in [5.41, 5.74) is 0.0985. The molecule has 4 nitrogen and oxygen atoms in total. The SMILES string of the molecule is CCCCC1C(c2ccc(F)cc2)=NN(c2ccc(F)cc2Cl)C1(C)C(=O)O. The number of hydrazone groups is 1. The van der Waals surface area contributed by atoms with Crippen LogP contribution in [0.25, 0.3) is 0 Å². The van der Waals surface area contributed by atoms with E-state index in [-0.39, 0.29) is 10.8 Å². The van der Waals surface area contributed by atoms with Crippen LogP contribution in [0.3, 0.4) is 0 Å². The minimum absolute atomic E-state index is 0.0748. The Labute approximate surface area is 167 Å². The standard InChI is InChI=1S/C21H21ClF2N2O2/c1-3-4-5-16-19(13-6-8-14(23)9-7-13)25-26(21(16,2)20(27)28)18-11-10-15(24)12-17(18)22/h6-12,16H,3-5H2,1-2H3,(H,27,28). The second-order valence-corrected chi connectivity index (χ2v) is 7.45. The molecule has 0 bridgehead atoms. The van der Waals surface area contributed by atoms with Crippen molar-refractivity contribution in [2.45, 2.75) is 38.6 Å². The first-order chi connectivity index (χ1) is 13.3. The zero-order valence-corrected chi connectivity index (χ0v) is 16.4. The van der Waals surface area contributed by atoms with Gasteiger partial charge in [-0.1, -0.05) is 43.5 Å². The van der Waals surface area contributed by atoms with Gasteiger partial charge in [-0.3, -0.25) is 0 Å². The number of carbonyl (C=O) groups is 1. The molecule has 0 aliphatic carbocycles. The number of nitrogens with zero attached hydrogens (tertiary/aromatic N) is 2. The van der Waals surface area contributed by atoms with E-state index in [1.165, 1.54) is 29.3 Å². The number of benzene rings is 2. The minimum atomic E-state index is -1.42. The van der Waals surface area contributed by atoms with E-state index in [4.69, 9.17) is 11.6 Å². The van der Waals surface area contributed by atoms with E-state index in [9.17, 15) is 18.7 Å². The lowest BCUT2D eigenvalue weighted by Gasteiger charge is -2.35. The molecule has 148 valence electrons. The number of hydrogen-bond acceptors (Lipinski definition) is 3. The van der Waals surface area contributed by atoms with Crippen molar-refractivity contribution in [3.63, 3.8) is 0 Å². The number of halogens is 3. The molecule has 1 aliphatic rings. The normalized spacial score (nSPS) is 21.7. The van der Waals surface area contributed by atoms with Gasteiger partial charge in [0.25, 0.3) is 0 Å². The van der Waals surface area contributed by atoms with Crippen molar-refractivity contribution in [2.75, 3.05) is 5.01 Å². The predicted octanol–water partition coefficient (Wildman–Crippen LogP) is 5.49. The summed E-state index contributed by atoms with van der Waals surface area (Å²) < 4.78 is 26.9. The van der Waals surface area contributed by atoms with E-state index in [1.807, 2.05) is 6.92 Å². The van der Waals surface area contributed by atoms with Crippen LogP contribution < -0.4 is 5.01 Å². The molecule has 0 aromatic heterocycles. The summed E-state index contributed by atoms with van der Waals surface area (Å²) in [4.78, 5) is 12.4. The van der Waals surface area contributed by atoms with Crippen LogP contribution in [0.2, 0.25) is 5.02 Å². The molecule has 0 saturated heterocycles. The third kappa shape index (κ3) is 3.49. The highest BCUT2D eigenvalue weighted by molar-refractivity contribution is 6.33. The average Bonchev–Trinajstić information content (AvgIpc) is 2.94. The topological polar surface area (TPSA) is 52.9 Å². The van der Waals surface area contributed by atoms with Crippen molar-refractivity contribution in [3.8, 4) is 0 Å². The lowest BCUT2D eigenvalue weighted by molar-refractivity contribution is -0.143. The van der Waals surface area contributed by atoms with Crippen LogP contribution in [-0.4, -0.2) is 22.3 Å². The number of unbranched alkanes of at least 4 members (excludes halogenated alkanes) is 1. The van der Waals surface area contributed by atoms with Crippen LogP contribution in [-0.2, 0) is 4.79 Å². The van der Waals surface area contributed by atoms with Gasteiger partial charge in [-0.15, -0.1) is 0 Å². The van der Waals surface area contributed by atoms with Gasteiger partial charge in [-0.05, 0) is 49.2 Å². The smallest absolute Gasteiger partial charge is 0.332 e. The number of aliphatic carboxylic acids is 1. The van der Waals surface area contributed by atoms with Crippen LogP contribution in [0.15, 0.2) is 47.6 Å². The third-order valence-corrected chi connectivity index (χ3v) is 5.52. The van der Waals surface area contributed by atoms with E-state index < -0.39 is 23.2 Å². The molecular formula is C21H21ClF2N2O2. The number of rotatable bonds is 6. The molecule has 0 spiro atoms. The van der Waals surface area contributed by atoms with Crippen LogP contribution in [0, 0.1) is 17.6 Å². The first-order valence-electron chi connectivity index (χ1n) is 9.12. The summed E-state index contributed by atoms with van der Waals surface area (Å²) in [6, 6.07) is 9.59. The molecule has 1 N–H and O–H groups in total. The molecule has 28 heavy (non-hydrogen) atoms. The Kier molecular flexibility index (Phi) is 5.70. The largest absolute Gasteiger partial charge is 0.479 e. The lowest BCUT2D eigenvalue weighted by Crippen LogP contribution is -2.53. The average molecular weight is 407 g/mol. The summed E-state index contributed by atoms with van der Waals surface area (Å²) in [5, 5.41) is 16.2. The molecule has 2 aromatic carbocycles. The number of carboxylic acids is 1. The van der Waals surface area contributed by atoms with Crippen LogP contribution in [0.4, 0.5) is 14.5 Å². The van der Waals surface area contributed by atoms with Crippen LogP contribution >= 0.6 is 11.6 Å². The first kappa shape index (κ1) is 20.3. The van der Waals surface area contributed by atoms with Crippen molar-refractivity contribution in [3.05, 3.63) is 64.7 Å². The van der Waals surface area contributed by atoms with Gasteiger partial charge in [0.2, 0.25) is 0 Å². The Hall–Kier alpha value is -2.47. The van der Waals surface area contributed by atoms with Crippen molar-refractivity contribution >= 4 is 29.0 Å². The van der Waals surface area contributed by atoms with E-state index in [2.05, 4.69) is 5.10 Å². The highest BCUT2D eigenvalue weighted by Gasteiger charge is 2.54. The van der Waals surface area contributed by atoms with Gasteiger partial charge in [-0.2, -0.15) is 5.10 Å². The molecule has 0 saturated carbocycles. The zero-order chi connectivity index (χ0) is 20.5. The van der Waals surface area contributed by atoms with Crippen molar-refractivity contribution in [1.82, 2.24) is 0 Å². The van der Waals surface area contributed by atoms with Gasteiger partial charge in [0.15, 0.2) is 5.54 Å². The molecule has 3 rings (SSSR count). The Bertz CT molecular complexity index is 917. The monoisotopic (exact) mass is 406 g/mol. The molecular weight excluding hydrogens is 386 g/mol. The van der Waals surface area contributed by atoms with Crippen molar-refractivity contribution in [2.24, 2.45) is 11.0 Å². The van der Waals surface area contributed by atoms with E-state index in [0.29, 0.717) is 23.4 Å². The Balaban J connectivity index is 2.17. The minimum Gasteiger partial charge on any atom is -0.479 e. The van der Waals surface area contributed by atoms with Gasteiger partial charge in [0.1, 0.15) is 11.6 Å². The molecule has 2 atom stereocenters. The second-order valence-electron chi connectivity index (χ2n) is 7.05. The summed E-state index contributed by atoms with van der Waals surface area (Å²) >= 11 is 6.21. The highest BCUT2D eigenvalue weighted by Crippen LogP contribution is 2.43. The maximum Gasteiger partial charge on any atom is 0.332 e. The fraction of sp³-hybridized carbons (Fsp3) is 0.333. The zero-order valence-electron chi connectivity index (χ0n) is 15.6. The highest BCUT2D eigenvalue weighted by atomic mass is 35.5. The predicted molar refractivity (Wildman–Crippen MR) is 106 cm³/mol. The van der Waals surface area contributed by atoms with Gasteiger partial charge >= 0.3 is 5.97 Å². The Morgan fingerprint density at radius 1 is 1.21 bits per heavy atom. The maximum atomic E-state index is 13.5. The second kappa shape index (κ2) is 7.87. The van der Waals surface area contributed by atoms with Gasteiger partial charge in [0.05, 0.1) is 16.4 Å². The fourth-order valence-electron chi connectivity index (χ4n) is 3.60. The Morgan fingerprint density at radius 2 is 1.86 bits per heavy atom. The number of carboxylic acid groups (broad SMARTS) is 1. The lowest BCUT2D eigenvalue weighted by atomic mass is 9.77. The van der Waals surface area contributed by atoms with Crippen LogP contribution in [0.5, 0.6) is 0 Å². The summed E-state index contributed by atoms with van der Waals surface area (Å²) in [6.45, 7) is 3.62. The first-order valence-corrected chi connectivity index (χ1v) is 9.50. The number of hydrogen-bond donors (Lipinski definition) is 1. The van der Waals surface area contributed by atoms with E-state index in [1.54, 1.807) is 19.1 Å². The van der Waals surface area contributed by atoms with E-state index >= 15 is 0 Å². The molecule has 2 aromatic rings. The summed E-state index contributed by atoms with van der Waals surface area (Å²) in [7, 11) is 0. The molecule has 0 radical (unpaired) electrons. The molecule has 2 unspecified atom stereocenters. The van der Waals surface area contributed by atoms with Gasteiger partial charge in [-0.25, -0.2) is 18.6 Å². The van der Waals surface area contributed by atoms with Gasteiger partial charge in [0, 0.05) is 5.92 Å². The summed E-state index contributed by atoms with van der Waals surface area (Å²) in [6.07, 6.45) is 2.28. The maximum absolute atomic E-state index is 13.5. The van der Waals surface area contributed by atoms with Crippen molar-refractivity contribution < 1.29 is 18.7 Å². The fourth-order valence-corrected chi connectivity index (χ4v) is 3.84. The van der Waals surface area contributed by atoms with Crippen molar-refractivity contribution in [1.29, 1.82) is 0 Å². The molecule has 0 fully saturated rings.